The van der Waals surface area contributed by atoms with Crippen molar-refractivity contribution in [3.05, 3.63) is 0 Å². The number of carboxylic acid groups (broad SMARTS) is 2. The average molecular weight is 470 g/mol. The van der Waals surface area contributed by atoms with Crippen molar-refractivity contribution in [2.24, 2.45) is 0 Å². The molecule has 8 nitrogen and oxygen atoms in total. The molecule has 27 heavy (non-hydrogen) atoms. The first-order valence-electron chi connectivity index (χ1n) is 8.59. The number of ketones is 2. The Balaban J connectivity index is -0.0000000843. The molecule has 0 saturated carbocycles. The minimum absolute atomic E-state index is 0. The van der Waals surface area contributed by atoms with Gasteiger partial charge in [-0.1, -0.05) is 13.8 Å². The van der Waals surface area contributed by atoms with Crippen LogP contribution < -0.4 is 10.2 Å². The van der Waals surface area contributed by atoms with E-state index in [1.165, 1.54) is 0 Å². The summed E-state index contributed by atoms with van der Waals surface area (Å²) in [6.07, 6.45) is 0.877. The van der Waals surface area contributed by atoms with Gasteiger partial charge in [0.2, 0.25) is 0 Å². The first-order chi connectivity index (χ1) is 11.8. The van der Waals surface area contributed by atoms with Crippen LogP contribution in [0.25, 0.3) is 0 Å². The molecule has 0 saturated heterocycles. The summed E-state index contributed by atoms with van der Waals surface area (Å²) >= 11 is 0. The number of hydrogen-bond acceptors (Lipinski definition) is 8. The van der Waals surface area contributed by atoms with Gasteiger partial charge in [-0.3, -0.25) is 9.59 Å². The smallest absolute Gasteiger partial charge is 0.550 e. The SMILES string of the molecule is CC(C)O.CC(C)O.CCCC(=O)CC(=O)[O-].CCCC(=O)CC(=O)[O-].[Zr+2]. The van der Waals surface area contributed by atoms with Crippen molar-refractivity contribution in [2.45, 2.75) is 92.3 Å². The Morgan fingerprint density at radius 2 is 0.889 bits per heavy atom. The fraction of sp³-hybridized carbons (Fsp3) is 0.778. The predicted molar refractivity (Wildman–Crippen MR) is 93.8 cm³/mol. The Kier molecular flexibility index (Phi) is 37.3. The molecule has 0 amide bonds. The van der Waals surface area contributed by atoms with Crippen LogP contribution in [0.3, 0.4) is 0 Å². The van der Waals surface area contributed by atoms with Crippen molar-refractivity contribution in [3.8, 4) is 0 Å². The number of aliphatic hydroxyl groups excluding tert-OH is 2. The second-order valence-electron chi connectivity index (χ2n) is 5.86. The van der Waals surface area contributed by atoms with Gasteiger partial charge in [-0.25, -0.2) is 0 Å². The summed E-state index contributed by atoms with van der Waals surface area (Å²) in [7, 11) is 0. The Hall–Kier alpha value is -0.917. The van der Waals surface area contributed by atoms with Crippen molar-refractivity contribution in [1.29, 1.82) is 0 Å². The van der Waals surface area contributed by atoms with Crippen molar-refractivity contribution in [1.82, 2.24) is 0 Å². The van der Waals surface area contributed by atoms with Crippen molar-refractivity contribution >= 4 is 23.5 Å². The molecule has 0 bridgehead atoms. The molecule has 0 atom stereocenters. The van der Waals surface area contributed by atoms with E-state index in [9.17, 15) is 29.4 Å². The Morgan fingerprint density at radius 1 is 0.704 bits per heavy atom. The summed E-state index contributed by atoms with van der Waals surface area (Å²) in [6, 6.07) is 0. The van der Waals surface area contributed by atoms with Gasteiger partial charge < -0.3 is 30.0 Å². The van der Waals surface area contributed by atoms with E-state index in [0.29, 0.717) is 25.7 Å². The normalized spacial score (nSPS) is 8.67. The summed E-state index contributed by atoms with van der Waals surface area (Å²) in [5, 5.41) is 35.6. The molecule has 0 radical (unpaired) electrons. The molecule has 0 aromatic heterocycles. The molecule has 2 N–H and O–H groups in total. The number of rotatable bonds is 8. The van der Waals surface area contributed by atoms with Crippen LogP contribution in [0.15, 0.2) is 0 Å². The third-order valence-corrected chi connectivity index (χ3v) is 1.74. The maximum Gasteiger partial charge on any atom is 2.00 e. The quantitative estimate of drug-likeness (QED) is 0.462. The first kappa shape index (κ1) is 36.9. The van der Waals surface area contributed by atoms with Crippen molar-refractivity contribution in [3.63, 3.8) is 0 Å². The zero-order valence-corrected chi connectivity index (χ0v) is 19.7. The van der Waals surface area contributed by atoms with E-state index in [0.717, 1.165) is 0 Å². The molecule has 158 valence electrons. The molecular formula is C18H34O8Zr. The number of hydrogen-bond donors (Lipinski definition) is 2. The molecule has 0 aliphatic carbocycles. The third kappa shape index (κ3) is 78.1. The molecule has 0 aliphatic heterocycles. The molecular weight excluding hydrogens is 435 g/mol. The van der Waals surface area contributed by atoms with E-state index in [1.54, 1.807) is 27.7 Å². The summed E-state index contributed by atoms with van der Waals surface area (Å²) in [5.74, 6) is -3.07. The third-order valence-electron chi connectivity index (χ3n) is 1.74. The van der Waals surface area contributed by atoms with Crippen LogP contribution >= 0.6 is 0 Å². The van der Waals surface area contributed by atoms with Crippen LogP contribution in [0.1, 0.15) is 80.1 Å². The van der Waals surface area contributed by atoms with Gasteiger partial charge in [0.25, 0.3) is 0 Å². The topological polar surface area (TPSA) is 155 Å². The predicted octanol–water partition coefficient (Wildman–Crippen LogP) is -0.237. The largest absolute Gasteiger partial charge is 2.00 e. The maximum absolute atomic E-state index is 10.4. The van der Waals surface area contributed by atoms with Crippen LogP contribution in [-0.2, 0) is 45.4 Å². The second-order valence-corrected chi connectivity index (χ2v) is 5.86. The Morgan fingerprint density at radius 3 is 1.00 bits per heavy atom. The first-order valence-corrected chi connectivity index (χ1v) is 8.59. The van der Waals surface area contributed by atoms with E-state index in [1.807, 2.05) is 13.8 Å². The number of carboxylic acids is 2. The molecule has 9 heteroatoms. The molecule has 0 spiro atoms. The summed E-state index contributed by atoms with van der Waals surface area (Å²) in [5.41, 5.74) is 0. The molecule has 0 aromatic carbocycles. The fourth-order valence-corrected chi connectivity index (χ4v) is 1.06. The molecule has 0 rings (SSSR count). The van der Waals surface area contributed by atoms with Crippen LogP contribution in [0, 0.1) is 0 Å². The van der Waals surface area contributed by atoms with E-state index in [4.69, 9.17) is 10.2 Å². The van der Waals surface area contributed by atoms with Gasteiger partial charge in [-0.15, -0.1) is 0 Å². The van der Waals surface area contributed by atoms with Gasteiger partial charge in [0.05, 0.1) is 0 Å². The van der Waals surface area contributed by atoms with Crippen LogP contribution in [-0.4, -0.2) is 45.9 Å². The minimum atomic E-state index is -1.28. The van der Waals surface area contributed by atoms with Crippen LogP contribution in [0.5, 0.6) is 0 Å². The van der Waals surface area contributed by atoms with Crippen molar-refractivity contribution < 1.29 is 65.8 Å². The Labute approximate surface area is 181 Å². The van der Waals surface area contributed by atoms with Crippen LogP contribution in [0.2, 0.25) is 0 Å². The van der Waals surface area contributed by atoms with Gasteiger partial charge in [-0.05, 0) is 40.5 Å². The molecule has 0 unspecified atom stereocenters. The maximum atomic E-state index is 10.4. The van der Waals surface area contributed by atoms with Gasteiger partial charge in [0.15, 0.2) is 0 Å². The van der Waals surface area contributed by atoms with E-state index in [2.05, 4.69) is 0 Å². The number of aliphatic carboxylic acids is 2. The fourth-order valence-electron chi connectivity index (χ4n) is 1.06. The van der Waals surface area contributed by atoms with E-state index in [-0.39, 0.29) is 50.0 Å². The number of Topliss-reactive ketones (excluding diaryl/α,β-unsaturated/α-hetero) is 2. The van der Waals surface area contributed by atoms with Gasteiger partial charge in [0.1, 0.15) is 11.6 Å². The molecule has 0 aromatic rings. The van der Waals surface area contributed by atoms with Crippen molar-refractivity contribution in [2.75, 3.05) is 0 Å². The monoisotopic (exact) mass is 468 g/mol. The van der Waals surface area contributed by atoms with Gasteiger partial charge in [-0.2, -0.15) is 0 Å². The zero-order valence-electron chi connectivity index (χ0n) is 17.2. The average Bonchev–Trinajstić information content (AvgIpc) is 2.36. The number of aliphatic hydroxyl groups is 2. The summed E-state index contributed by atoms with van der Waals surface area (Å²) < 4.78 is 0. The Bertz CT molecular complexity index is 340. The van der Waals surface area contributed by atoms with E-state index < -0.39 is 24.8 Å². The molecule has 0 fully saturated rings. The summed E-state index contributed by atoms with van der Waals surface area (Å²) in [4.78, 5) is 40.4. The standard InChI is InChI=1S/2C6H10O3.2C3H8O.Zr/c2*1-2-3-5(7)4-6(8)9;2*1-3(2)4;/h2*2-4H2,1H3,(H,8,9);2*3-4H,1-2H3;/q;;;;+2/p-2. The summed E-state index contributed by atoms with van der Waals surface area (Å²) in [6.45, 7) is 10.5. The van der Waals surface area contributed by atoms with Gasteiger partial charge >= 0.3 is 26.2 Å². The second kappa shape index (κ2) is 27.3. The number of carbonyl (C=O) groups is 4. The van der Waals surface area contributed by atoms with Crippen LogP contribution in [0.4, 0.5) is 0 Å². The molecule has 0 aliphatic rings. The van der Waals surface area contributed by atoms with Gasteiger partial charge in [0, 0.05) is 49.8 Å². The van der Waals surface area contributed by atoms with E-state index >= 15 is 0 Å². The minimum Gasteiger partial charge on any atom is -0.550 e. The number of carbonyl (C=O) groups excluding carboxylic acids is 4. The zero-order chi connectivity index (χ0) is 21.7. The molecule has 0 heterocycles.